The topological polar surface area (TPSA) is 111 Å². The van der Waals surface area contributed by atoms with Gasteiger partial charge in [0.05, 0.1) is 18.3 Å². The number of anilines is 3. The largest absolute Gasteiger partial charge is 0.410 e. The summed E-state index contributed by atoms with van der Waals surface area (Å²) >= 11 is 0. The lowest BCUT2D eigenvalue weighted by molar-refractivity contribution is -0.161. The lowest BCUT2D eigenvalue weighted by Gasteiger charge is -2.35. The molecule has 0 aromatic carbocycles. The van der Waals surface area contributed by atoms with E-state index in [0.29, 0.717) is 31.0 Å². The Labute approximate surface area is 188 Å². The van der Waals surface area contributed by atoms with Crippen LogP contribution in [0.1, 0.15) is 30.8 Å². The zero-order chi connectivity index (χ0) is 24.2. The number of amides is 3. The molecule has 0 saturated carbocycles. The molecular weight excluding hydrogens is 441 g/mol. The number of fused-ring (bicyclic) bond motifs is 4. The first-order chi connectivity index (χ1) is 15.8. The van der Waals surface area contributed by atoms with Crippen LogP contribution in [0.5, 0.6) is 0 Å². The van der Waals surface area contributed by atoms with Crippen LogP contribution in [0.2, 0.25) is 0 Å². The summed E-state index contributed by atoms with van der Waals surface area (Å²) in [4.78, 5) is 37.0. The number of pyridine rings is 2. The predicted molar refractivity (Wildman–Crippen MR) is 116 cm³/mol. The number of alkyl halides is 3. The molecule has 2 bridgehead atoms. The van der Waals surface area contributed by atoms with Crippen molar-refractivity contribution < 1.29 is 27.9 Å². The molecular formula is C21H25F3N6O3. The zero-order valence-electron chi connectivity index (χ0n) is 18.1. The third-order valence-corrected chi connectivity index (χ3v) is 5.19. The number of nitrogens with zero attached hydrogens (tertiary/aromatic N) is 4. The van der Waals surface area contributed by atoms with Crippen LogP contribution in [0.25, 0.3) is 0 Å². The second-order valence-corrected chi connectivity index (χ2v) is 7.19. The first kappa shape index (κ1) is 24.2. The smallest absolute Gasteiger partial charge is 0.394 e. The predicted octanol–water partition coefficient (Wildman–Crippen LogP) is 2.79. The third kappa shape index (κ3) is 5.16. The number of aliphatic hydroxyl groups is 1. The summed E-state index contributed by atoms with van der Waals surface area (Å²) in [6.45, 7) is 3.96. The Bertz CT molecular complexity index is 989. The van der Waals surface area contributed by atoms with Crippen molar-refractivity contribution in [1.29, 1.82) is 0 Å². The van der Waals surface area contributed by atoms with Crippen molar-refractivity contribution in [3.63, 3.8) is 0 Å². The van der Waals surface area contributed by atoms with Crippen LogP contribution in [0.15, 0.2) is 36.5 Å². The summed E-state index contributed by atoms with van der Waals surface area (Å²) in [6, 6.07) is 4.77. The molecule has 33 heavy (non-hydrogen) atoms. The van der Waals surface area contributed by atoms with E-state index >= 15 is 0 Å². The highest BCUT2D eigenvalue weighted by Gasteiger charge is 2.42. The Balaban J connectivity index is 0.00000149. The van der Waals surface area contributed by atoms with E-state index in [0.717, 1.165) is 0 Å². The molecule has 2 aromatic heterocycles. The first-order valence-corrected chi connectivity index (χ1v) is 10.5. The molecule has 0 spiro atoms. The van der Waals surface area contributed by atoms with Gasteiger partial charge in [0, 0.05) is 19.3 Å². The van der Waals surface area contributed by atoms with E-state index in [2.05, 4.69) is 15.3 Å². The van der Waals surface area contributed by atoms with E-state index in [-0.39, 0.29) is 17.6 Å². The number of carbonyl (C=O) groups excluding carboxylic acids is 2. The maximum Gasteiger partial charge on any atom is 0.410 e. The van der Waals surface area contributed by atoms with Crippen molar-refractivity contribution in [2.24, 2.45) is 0 Å². The van der Waals surface area contributed by atoms with Gasteiger partial charge in [-0.1, -0.05) is 19.9 Å². The van der Waals surface area contributed by atoms with E-state index in [1.165, 1.54) is 17.2 Å². The number of urea groups is 1. The molecule has 2 aliphatic heterocycles. The maximum absolute atomic E-state index is 13.0. The van der Waals surface area contributed by atoms with Gasteiger partial charge in [-0.15, -0.1) is 0 Å². The normalized spacial score (nSPS) is 17.5. The fourth-order valence-corrected chi connectivity index (χ4v) is 3.67. The van der Waals surface area contributed by atoms with Crippen LogP contribution >= 0.6 is 0 Å². The van der Waals surface area contributed by atoms with E-state index in [1.54, 1.807) is 29.6 Å². The highest BCUT2D eigenvalue weighted by molar-refractivity contribution is 6.05. The molecule has 178 valence electrons. The van der Waals surface area contributed by atoms with Crippen molar-refractivity contribution in [2.75, 3.05) is 34.8 Å². The minimum Gasteiger partial charge on any atom is -0.394 e. The van der Waals surface area contributed by atoms with Crippen LogP contribution < -0.4 is 20.4 Å². The molecule has 4 rings (SSSR count). The quantitative estimate of drug-likeness (QED) is 0.639. The molecule has 4 heterocycles. The van der Waals surface area contributed by atoms with Gasteiger partial charge in [-0.3, -0.25) is 15.0 Å². The standard InChI is InChI=1S/C19H19F3N6O3.C2H6/c20-19(21,22)14(10-29)25-17(30)12-4-5-13-16(24-12)28(11-6-8-27(13)9-11)18(31)26-15-3-1-2-7-23-15;1-2/h1-5,7,11,14,29H,6,8-10H2,(H,25,30)(H,23,26,31);1-2H3. The van der Waals surface area contributed by atoms with Crippen molar-refractivity contribution in [3.05, 3.63) is 42.2 Å². The lowest BCUT2D eigenvalue weighted by Crippen LogP contribution is -2.49. The summed E-state index contributed by atoms with van der Waals surface area (Å²) in [5.41, 5.74) is 0.315. The minimum atomic E-state index is -4.81. The Morgan fingerprint density at radius 3 is 2.64 bits per heavy atom. The molecule has 9 nitrogen and oxygen atoms in total. The van der Waals surface area contributed by atoms with Gasteiger partial charge in [0.25, 0.3) is 5.91 Å². The average Bonchev–Trinajstić information content (AvgIpc) is 3.22. The number of nitrogens with one attached hydrogen (secondary N) is 2. The third-order valence-electron chi connectivity index (χ3n) is 5.19. The van der Waals surface area contributed by atoms with Crippen LogP contribution in [0.4, 0.5) is 35.3 Å². The molecule has 1 fully saturated rings. The molecule has 0 radical (unpaired) electrons. The second-order valence-electron chi connectivity index (χ2n) is 7.19. The van der Waals surface area contributed by atoms with Crippen LogP contribution in [-0.2, 0) is 0 Å². The Kier molecular flexibility index (Phi) is 7.36. The van der Waals surface area contributed by atoms with Gasteiger partial charge < -0.3 is 15.3 Å². The van der Waals surface area contributed by atoms with Gasteiger partial charge in [-0.05, 0) is 30.7 Å². The number of halogens is 3. The fourth-order valence-electron chi connectivity index (χ4n) is 3.67. The SMILES string of the molecule is CC.O=C(NC(CO)C(F)(F)F)c1ccc2c(n1)N(C(=O)Nc1ccccn1)C1CCN2C1. The van der Waals surface area contributed by atoms with Crippen molar-refractivity contribution in [2.45, 2.75) is 38.5 Å². The highest BCUT2D eigenvalue weighted by Crippen LogP contribution is 2.39. The van der Waals surface area contributed by atoms with Gasteiger partial charge in [0.1, 0.15) is 17.6 Å². The molecule has 3 amide bonds. The van der Waals surface area contributed by atoms with Crippen LogP contribution in [0.3, 0.4) is 0 Å². The number of hydrogen-bond acceptors (Lipinski definition) is 6. The average molecular weight is 466 g/mol. The van der Waals surface area contributed by atoms with E-state index in [9.17, 15) is 22.8 Å². The number of carbonyl (C=O) groups is 2. The molecule has 0 aliphatic carbocycles. The summed E-state index contributed by atoms with van der Waals surface area (Å²) in [7, 11) is 0. The van der Waals surface area contributed by atoms with E-state index in [4.69, 9.17) is 5.11 Å². The van der Waals surface area contributed by atoms with Gasteiger partial charge in [0.2, 0.25) is 0 Å². The minimum absolute atomic E-state index is 0.183. The Hall–Kier alpha value is -3.41. The number of rotatable bonds is 4. The molecule has 3 N–H and O–H groups in total. The number of aromatic nitrogens is 2. The maximum atomic E-state index is 13.0. The van der Waals surface area contributed by atoms with Crippen LogP contribution in [0, 0.1) is 0 Å². The number of aliphatic hydroxyl groups excluding tert-OH is 1. The van der Waals surface area contributed by atoms with E-state index in [1.807, 2.05) is 18.7 Å². The van der Waals surface area contributed by atoms with E-state index < -0.39 is 30.8 Å². The van der Waals surface area contributed by atoms with Gasteiger partial charge >= 0.3 is 12.2 Å². The molecule has 1 saturated heterocycles. The molecule has 2 aromatic rings. The van der Waals surface area contributed by atoms with Gasteiger partial charge in [0.15, 0.2) is 5.82 Å². The summed E-state index contributed by atoms with van der Waals surface area (Å²) in [5, 5.41) is 13.4. The second kappa shape index (κ2) is 10.0. The first-order valence-electron chi connectivity index (χ1n) is 10.5. The highest BCUT2D eigenvalue weighted by atomic mass is 19.4. The zero-order valence-corrected chi connectivity index (χ0v) is 18.1. The summed E-state index contributed by atoms with van der Waals surface area (Å²) in [5.74, 6) is -0.584. The molecule has 2 unspecified atom stereocenters. The molecule has 12 heteroatoms. The van der Waals surface area contributed by atoms with Crippen molar-refractivity contribution in [3.8, 4) is 0 Å². The fraction of sp³-hybridized carbons (Fsp3) is 0.429. The Morgan fingerprint density at radius 2 is 2.00 bits per heavy atom. The van der Waals surface area contributed by atoms with Gasteiger partial charge in [-0.25, -0.2) is 14.8 Å². The van der Waals surface area contributed by atoms with Crippen molar-refractivity contribution >= 4 is 29.3 Å². The molecule has 2 aliphatic rings. The summed E-state index contributed by atoms with van der Waals surface area (Å²) < 4.78 is 38.7. The Morgan fingerprint density at radius 1 is 1.24 bits per heavy atom. The van der Waals surface area contributed by atoms with Crippen molar-refractivity contribution in [1.82, 2.24) is 15.3 Å². The summed E-state index contributed by atoms with van der Waals surface area (Å²) in [6.07, 6.45) is -2.61. The monoisotopic (exact) mass is 466 g/mol. The lowest BCUT2D eigenvalue weighted by atomic mass is 10.1. The van der Waals surface area contributed by atoms with Gasteiger partial charge in [-0.2, -0.15) is 13.2 Å². The number of hydrogen-bond donors (Lipinski definition) is 3. The van der Waals surface area contributed by atoms with Crippen LogP contribution in [-0.4, -0.2) is 65.0 Å². The molecule has 2 atom stereocenters.